The summed E-state index contributed by atoms with van der Waals surface area (Å²) < 4.78 is 0. The lowest BCUT2D eigenvalue weighted by Crippen LogP contribution is -2.40. The fraction of sp³-hybridized carbons (Fsp3) is 0.636. The second-order valence-electron chi connectivity index (χ2n) is 4.87. The molecule has 1 aromatic heterocycles. The highest BCUT2D eigenvalue weighted by Gasteiger charge is 2.09. The molecule has 0 atom stereocenters. The largest absolute Gasteiger partial charge is 0.358 e. The summed E-state index contributed by atoms with van der Waals surface area (Å²) in [6.45, 7) is 8.04. The fourth-order valence-electron chi connectivity index (χ4n) is 1.28. The van der Waals surface area contributed by atoms with Crippen molar-refractivity contribution in [2.75, 3.05) is 25.0 Å². The van der Waals surface area contributed by atoms with Gasteiger partial charge in [0.05, 0.1) is 6.33 Å². The van der Waals surface area contributed by atoms with E-state index in [1.807, 2.05) is 11.9 Å². The van der Waals surface area contributed by atoms with E-state index in [9.17, 15) is 4.79 Å². The second-order valence-corrected chi connectivity index (χ2v) is 4.87. The molecule has 0 aromatic carbocycles. The molecule has 0 aliphatic heterocycles. The Morgan fingerprint density at radius 1 is 1.50 bits per heavy atom. The summed E-state index contributed by atoms with van der Waals surface area (Å²) in [4.78, 5) is 19.6. The third kappa shape index (κ3) is 4.44. The summed E-state index contributed by atoms with van der Waals surface area (Å²) in [5, 5.41) is 3.38. The number of hydrogen-bond donors (Lipinski definition) is 2. The minimum Gasteiger partial charge on any atom is -0.358 e. The molecular weight excluding hydrogens is 204 g/mol. The molecule has 0 unspecified atom stereocenters. The molecule has 0 saturated carbocycles. The monoisotopic (exact) mass is 224 g/mol. The number of nitrogens with one attached hydrogen (secondary N) is 2. The average molecular weight is 224 g/mol. The third-order valence-corrected chi connectivity index (χ3v) is 2.16. The van der Waals surface area contributed by atoms with E-state index in [1.165, 1.54) is 12.4 Å². The molecule has 0 fully saturated rings. The highest BCUT2D eigenvalue weighted by Crippen LogP contribution is 2.03. The Hall–Kier alpha value is -1.36. The van der Waals surface area contributed by atoms with Crippen molar-refractivity contribution < 1.29 is 0 Å². The molecule has 1 rings (SSSR count). The molecule has 1 heterocycles. The van der Waals surface area contributed by atoms with Crippen molar-refractivity contribution in [2.45, 2.75) is 26.3 Å². The van der Waals surface area contributed by atoms with Crippen molar-refractivity contribution in [3.63, 3.8) is 0 Å². The normalized spacial score (nSPS) is 11.5. The van der Waals surface area contributed by atoms with Gasteiger partial charge in [0.1, 0.15) is 5.82 Å². The van der Waals surface area contributed by atoms with Gasteiger partial charge in [-0.2, -0.15) is 0 Å². The number of H-pyrrole nitrogens is 1. The van der Waals surface area contributed by atoms with Gasteiger partial charge in [-0.25, -0.2) is 4.98 Å². The molecular formula is C11H20N4O. The van der Waals surface area contributed by atoms with Crippen LogP contribution in [0.5, 0.6) is 0 Å². The third-order valence-electron chi connectivity index (χ3n) is 2.16. The molecule has 0 saturated heterocycles. The van der Waals surface area contributed by atoms with Crippen molar-refractivity contribution >= 4 is 5.82 Å². The number of hydrogen-bond acceptors (Lipinski definition) is 4. The quantitative estimate of drug-likeness (QED) is 0.786. The molecule has 0 aliphatic rings. The van der Waals surface area contributed by atoms with E-state index < -0.39 is 0 Å². The van der Waals surface area contributed by atoms with Gasteiger partial charge in [-0.3, -0.25) is 4.79 Å². The predicted molar refractivity (Wildman–Crippen MR) is 65.9 cm³/mol. The molecule has 0 bridgehead atoms. The van der Waals surface area contributed by atoms with Crippen molar-refractivity contribution in [3.05, 3.63) is 22.7 Å². The summed E-state index contributed by atoms with van der Waals surface area (Å²) in [6, 6.07) is 1.50. The standard InChI is InChI=1S/C11H20N4O/c1-11(2,3)14-5-6-15(4)9-7-10(16)13-8-12-9/h7-8,14H,5-6H2,1-4H3,(H,12,13,16). The molecule has 90 valence electrons. The number of aromatic nitrogens is 2. The van der Waals surface area contributed by atoms with Crippen molar-refractivity contribution in [2.24, 2.45) is 0 Å². The fourth-order valence-corrected chi connectivity index (χ4v) is 1.28. The van der Waals surface area contributed by atoms with Gasteiger partial charge in [-0.05, 0) is 20.8 Å². The number of rotatable bonds is 4. The Balaban J connectivity index is 2.47. The van der Waals surface area contributed by atoms with Gasteiger partial charge < -0.3 is 15.2 Å². The molecule has 0 amide bonds. The van der Waals surface area contributed by atoms with Crippen LogP contribution >= 0.6 is 0 Å². The number of likely N-dealkylation sites (N-methyl/N-ethyl adjacent to an activating group) is 1. The minimum absolute atomic E-state index is 0.114. The molecule has 1 aromatic rings. The second kappa shape index (κ2) is 5.12. The summed E-state index contributed by atoms with van der Waals surface area (Å²) in [5.74, 6) is 0.694. The van der Waals surface area contributed by atoms with E-state index in [-0.39, 0.29) is 11.1 Å². The summed E-state index contributed by atoms with van der Waals surface area (Å²) >= 11 is 0. The zero-order valence-corrected chi connectivity index (χ0v) is 10.4. The van der Waals surface area contributed by atoms with Crippen molar-refractivity contribution in [3.8, 4) is 0 Å². The van der Waals surface area contributed by atoms with E-state index in [2.05, 4.69) is 36.1 Å². The molecule has 16 heavy (non-hydrogen) atoms. The number of aromatic amines is 1. The van der Waals surface area contributed by atoms with Crippen LogP contribution in [0.25, 0.3) is 0 Å². The van der Waals surface area contributed by atoms with Crippen molar-refractivity contribution in [1.82, 2.24) is 15.3 Å². The first kappa shape index (κ1) is 12.7. The number of anilines is 1. The Kier molecular flexibility index (Phi) is 4.06. The Morgan fingerprint density at radius 3 is 2.75 bits per heavy atom. The smallest absolute Gasteiger partial charge is 0.252 e. The summed E-state index contributed by atoms with van der Waals surface area (Å²) in [6.07, 6.45) is 1.42. The van der Waals surface area contributed by atoms with Crippen LogP contribution in [0.3, 0.4) is 0 Å². The maximum atomic E-state index is 11.1. The van der Waals surface area contributed by atoms with Gasteiger partial charge in [-0.15, -0.1) is 0 Å². The van der Waals surface area contributed by atoms with Crippen LogP contribution in [-0.2, 0) is 0 Å². The maximum Gasteiger partial charge on any atom is 0.252 e. The van der Waals surface area contributed by atoms with Crippen LogP contribution in [-0.4, -0.2) is 35.6 Å². The van der Waals surface area contributed by atoms with Gasteiger partial charge in [0.2, 0.25) is 0 Å². The van der Waals surface area contributed by atoms with Gasteiger partial charge in [0.25, 0.3) is 5.56 Å². The predicted octanol–water partition coefficient (Wildman–Crippen LogP) is 0.594. The highest BCUT2D eigenvalue weighted by atomic mass is 16.1. The first-order valence-electron chi connectivity index (χ1n) is 5.39. The average Bonchev–Trinajstić information content (AvgIpc) is 2.15. The maximum absolute atomic E-state index is 11.1. The first-order valence-corrected chi connectivity index (χ1v) is 5.39. The SMILES string of the molecule is CN(CCNC(C)(C)C)c1cc(=O)[nH]cn1. The van der Waals surface area contributed by atoms with Crippen LogP contribution in [0, 0.1) is 0 Å². The van der Waals surface area contributed by atoms with Crippen LogP contribution in [0.4, 0.5) is 5.82 Å². The Morgan fingerprint density at radius 2 is 2.19 bits per heavy atom. The van der Waals surface area contributed by atoms with E-state index in [0.717, 1.165) is 13.1 Å². The Bertz CT molecular complexity index is 380. The summed E-state index contributed by atoms with van der Waals surface area (Å²) in [5.41, 5.74) is -0.0109. The molecule has 5 heteroatoms. The van der Waals surface area contributed by atoms with Gasteiger partial charge in [-0.1, -0.05) is 0 Å². The van der Waals surface area contributed by atoms with E-state index in [4.69, 9.17) is 0 Å². The molecule has 5 nitrogen and oxygen atoms in total. The van der Waals surface area contributed by atoms with E-state index in [0.29, 0.717) is 5.82 Å². The van der Waals surface area contributed by atoms with Crippen molar-refractivity contribution in [1.29, 1.82) is 0 Å². The number of nitrogens with zero attached hydrogens (tertiary/aromatic N) is 2. The molecule has 0 radical (unpaired) electrons. The topological polar surface area (TPSA) is 61.0 Å². The zero-order valence-electron chi connectivity index (χ0n) is 10.4. The Labute approximate surface area is 95.9 Å². The lowest BCUT2D eigenvalue weighted by Gasteiger charge is -2.23. The summed E-state index contributed by atoms with van der Waals surface area (Å²) in [7, 11) is 1.92. The molecule has 0 aliphatic carbocycles. The lowest BCUT2D eigenvalue weighted by atomic mass is 10.1. The van der Waals surface area contributed by atoms with Gasteiger partial charge in [0.15, 0.2) is 0 Å². The van der Waals surface area contributed by atoms with Crippen LogP contribution in [0.15, 0.2) is 17.2 Å². The van der Waals surface area contributed by atoms with Crippen LogP contribution < -0.4 is 15.8 Å². The lowest BCUT2D eigenvalue weighted by molar-refractivity contribution is 0.430. The highest BCUT2D eigenvalue weighted by molar-refractivity contribution is 5.34. The molecule has 0 spiro atoms. The van der Waals surface area contributed by atoms with E-state index >= 15 is 0 Å². The zero-order chi connectivity index (χ0) is 12.2. The first-order chi connectivity index (χ1) is 7.38. The van der Waals surface area contributed by atoms with Crippen LogP contribution in [0.1, 0.15) is 20.8 Å². The van der Waals surface area contributed by atoms with Gasteiger partial charge in [0, 0.05) is 31.7 Å². The minimum atomic E-state index is -0.124. The molecule has 2 N–H and O–H groups in total. The van der Waals surface area contributed by atoms with Crippen LogP contribution in [0.2, 0.25) is 0 Å². The van der Waals surface area contributed by atoms with Gasteiger partial charge >= 0.3 is 0 Å². The van der Waals surface area contributed by atoms with E-state index in [1.54, 1.807) is 0 Å².